The van der Waals surface area contributed by atoms with E-state index in [1.54, 1.807) is 0 Å². The second-order valence-corrected chi connectivity index (χ2v) is 6.80. The average Bonchev–Trinajstić information content (AvgIpc) is 3.01. The maximum atomic E-state index is 12.2. The first-order valence-corrected chi connectivity index (χ1v) is 8.06. The summed E-state index contributed by atoms with van der Waals surface area (Å²) in [7, 11) is 0. The highest BCUT2D eigenvalue weighted by Crippen LogP contribution is 2.21. The molecule has 1 N–H and O–H groups in total. The first-order valence-electron chi connectivity index (χ1n) is 8.06. The molecule has 0 saturated carbocycles. The first kappa shape index (κ1) is 16.0. The van der Waals surface area contributed by atoms with Crippen molar-refractivity contribution in [1.82, 2.24) is 10.2 Å². The van der Waals surface area contributed by atoms with E-state index in [1.165, 1.54) is 18.4 Å². The van der Waals surface area contributed by atoms with Crippen LogP contribution in [-0.4, -0.2) is 36.0 Å². The number of rotatable bonds is 6. The third-order valence-corrected chi connectivity index (χ3v) is 4.54. The molecule has 1 amide bonds. The van der Waals surface area contributed by atoms with Crippen LogP contribution in [0.3, 0.4) is 0 Å². The second kappa shape index (κ2) is 7.08. The molecule has 2 rings (SSSR count). The summed E-state index contributed by atoms with van der Waals surface area (Å²) in [5.74, 6) is 0.416. The quantitative estimate of drug-likeness (QED) is 0.872. The fraction of sp³-hybridized carbons (Fsp3) is 0.611. The lowest BCUT2D eigenvalue weighted by Gasteiger charge is -2.35. The first-order chi connectivity index (χ1) is 9.99. The fourth-order valence-corrected chi connectivity index (χ4v) is 3.00. The summed E-state index contributed by atoms with van der Waals surface area (Å²) < 4.78 is 0. The zero-order chi connectivity index (χ0) is 15.3. The Morgan fingerprint density at radius 2 is 1.86 bits per heavy atom. The van der Waals surface area contributed by atoms with Crippen LogP contribution in [0.15, 0.2) is 30.3 Å². The Morgan fingerprint density at radius 1 is 1.24 bits per heavy atom. The Hall–Kier alpha value is -1.35. The molecule has 116 valence electrons. The molecule has 0 aromatic heterocycles. The third kappa shape index (κ3) is 4.57. The maximum absolute atomic E-state index is 12.2. The predicted molar refractivity (Wildman–Crippen MR) is 87.4 cm³/mol. The minimum atomic E-state index is 0.0577. The normalized spacial score (nSPS) is 17.7. The van der Waals surface area contributed by atoms with Crippen LogP contribution in [0.2, 0.25) is 0 Å². The van der Waals surface area contributed by atoms with E-state index in [4.69, 9.17) is 0 Å². The van der Waals surface area contributed by atoms with Gasteiger partial charge in [0.05, 0.1) is 0 Å². The molecule has 1 saturated heterocycles. The molecule has 1 heterocycles. The van der Waals surface area contributed by atoms with Gasteiger partial charge in [0.15, 0.2) is 0 Å². The number of carbonyl (C=O) groups is 1. The van der Waals surface area contributed by atoms with Gasteiger partial charge in [0.2, 0.25) is 5.91 Å². The Kier molecular flexibility index (Phi) is 5.40. The number of hydrogen-bond acceptors (Lipinski definition) is 2. The van der Waals surface area contributed by atoms with Gasteiger partial charge in [-0.2, -0.15) is 0 Å². The molecule has 3 nitrogen and oxygen atoms in total. The van der Waals surface area contributed by atoms with Gasteiger partial charge in [-0.25, -0.2) is 0 Å². The summed E-state index contributed by atoms with van der Waals surface area (Å²) in [6.07, 6.45) is 3.12. The number of likely N-dealkylation sites (tertiary alicyclic amines) is 1. The fourth-order valence-electron chi connectivity index (χ4n) is 3.00. The zero-order valence-electron chi connectivity index (χ0n) is 13.6. The van der Waals surface area contributed by atoms with Crippen LogP contribution in [-0.2, 0) is 4.79 Å². The molecular formula is C18H28N2O. The molecule has 3 heteroatoms. The molecule has 21 heavy (non-hydrogen) atoms. The summed E-state index contributed by atoms with van der Waals surface area (Å²) in [5, 5.41) is 3.12. The molecule has 1 aromatic carbocycles. The number of amides is 1. The van der Waals surface area contributed by atoms with Crippen molar-refractivity contribution in [3.05, 3.63) is 35.9 Å². The Labute approximate surface area is 128 Å². The second-order valence-electron chi connectivity index (χ2n) is 6.80. The molecule has 0 bridgehead atoms. The van der Waals surface area contributed by atoms with Gasteiger partial charge in [0, 0.05) is 18.5 Å². The van der Waals surface area contributed by atoms with Gasteiger partial charge in [-0.15, -0.1) is 0 Å². The van der Waals surface area contributed by atoms with Crippen molar-refractivity contribution < 1.29 is 4.79 Å². The van der Waals surface area contributed by atoms with E-state index in [-0.39, 0.29) is 17.4 Å². The molecule has 1 aliphatic rings. The smallest absolute Gasteiger partial charge is 0.220 e. The van der Waals surface area contributed by atoms with E-state index in [2.05, 4.69) is 43.1 Å². The van der Waals surface area contributed by atoms with Crippen molar-refractivity contribution in [1.29, 1.82) is 0 Å². The molecule has 0 spiro atoms. The summed E-state index contributed by atoms with van der Waals surface area (Å²) in [5.41, 5.74) is 1.29. The number of nitrogens with one attached hydrogen (secondary N) is 1. The van der Waals surface area contributed by atoms with Crippen molar-refractivity contribution in [3.63, 3.8) is 0 Å². The Balaban J connectivity index is 1.79. The molecule has 0 aliphatic carbocycles. The highest BCUT2D eigenvalue weighted by Gasteiger charge is 2.29. The lowest BCUT2D eigenvalue weighted by Crippen LogP contribution is -2.50. The van der Waals surface area contributed by atoms with Gasteiger partial charge >= 0.3 is 0 Å². The number of nitrogens with zero attached hydrogens (tertiary/aromatic N) is 1. The van der Waals surface area contributed by atoms with Crippen LogP contribution < -0.4 is 5.32 Å². The van der Waals surface area contributed by atoms with Gasteiger partial charge in [-0.05, 0) is 51.3 Å². The molecule has 1 atom stereocenters. The van der Waals surface area contributed by atoms with E-state index in [0.717, 1.165) is 19.6 Å². The molecule has 1 unspecified atom stereocenters. The SMILES string of the molecule is CC(CC(=O)NCC(C)(C)N1CCCC1)c1ccccc1. The molecule has 1 fully saturated rings. The van der Waals surface area contributed by atoms with Crippen LogP contribution in [0.25, 0.3) is 0 Å². The lowest BCUT2D eigenvalue weighted by atomic mass is 9.97. The van der Waals surface area contributed by atoms with E-state index in [0.29, 0.717) is 6.42 Å². The topological polar surface area (TPSA) is 32.3 Å². The predicted octanol–water partition coefficient (Wildman–Crippen LogP) is 3.17. The van der Waals surface area contributed by atoms with Crippen LogP contribution >= 0.6 is 0 Å². The average molecular weight is 288 g/mol. The number of hydrogen-bond donors (Lipinski definition) is 1. The molecule has 0 radical (unpaired) electrons. The van der Waals surface area contributed by atoms with E-state index >= 15 is 0 Å². The van der Waals surface area contributed by atoms with Crippen molar-refractivity contribution >= 4 is 5.91 Å². The third-order valence-electron chi connectivity index (χ3n) is 4.54. The Morgan fingerprint density at radius 3 is 2.48 bits per heavy atom. The number of carbonyl (C=O) groups excluding carboxylic acids is 1. The minimum Gasteiger partial charge on any atom is -0.354 e. The van der Waals surface area contributed by atoms with Crippen molar-refractivity contribution in [2.75, 3.05) is 19.6 Å². The zero-order valence-corrected chi connectivity index (χ0v) is 13.6. The summed E-state index contributed by atoms with van der Waals surface area (Å²) in [4.78, 5) is 14.6. The molecule has 1 aromatic rings. The monoisotopic (exact) mass is 288 g/mol. The molecule has 1 aliphatic heterocycles. The van der Waals surface area contributed by atoms with Crippen LogP contribution in [0.5, 0.6) is 0 Å². The van der Waals surface area contributed by atoms with Gasteiger partial charge in [-0.3, -0.25) is 9.69 Å². The maximum Gasteiger partial charge on any atom is 0.220 e. The van der Waals surface area contributed by atoms with Crippen molar-refractivity contribution in [2.45, 2.75) is 51.5 Å². The van der Waals surface area contributed by atoms with Crippen LogP contribution in [0, 0.1) is 0 Å². The molecular weight excluding hydrogens is 260 g/mol. The van der Waals surface area contributed by atoms with Crippen molar-refractivity contribution in [3.8, 4) is 0 Å². The van der Waals surface area contributed by atoms with E-state index < -0.39 is 0 Å². The van der Waals surface area contributed by atoms with Gasteiger partial charge in [0.1, 0.15) is 0 Å². The largest absolute Gasteiger partial charge is 0.354 e. The Bertz CT molecular complexity index is 450. The van der Waals surface area contributed by atoms with E-state index in [1.807, 2.05) is 18.2 Å². The van der Waals surface area contributed by atoms with Crippen molar-refractivity contribution in [2.24, 2.45) is 0 Å². The summed E-state index contributed by atoms with van der Waals surface area (Å²) in [6, 6.07) is 10.2. The van der Waals surface area contributed by atoms with Gasteiger partial charge in [-0.1, -0.05) is 37.3 Å². The minimum absolute atomic E-state index is 0.0577. The summed E-state index contributed by atoms with van der Waals surface area (Å²) in [6.45, 7) is 9.60. The standard InChI is InChI=1S/C18H28N2O/c1-15(16-9-5-4-6-10-16)13-17(21)19-14-18(2,3)20-11-7-8-12-20/h4-6,9-10,15H,7-8,11-14H2,1-3H3,(H,19,21). The number of benzene rings is 1. The highest BCUT2D eigenvalue weighted by atomic mass is 16.1. The van der Waals surface area contributed by atoms with Gasteiger partial charge < -0.3 is 5.32 Å². The van der Waals surface area contributed by atoms with Crippen LogP contribution in [0.4, 0.5) is 0 Å². The highest BCUT2D eigenvalue weighted by molar-refractivity contribution is 5.76. The van der Waals surface area contributed by atoms with Gasteiger partial charge in [0.25, 0.3) is 0 Å². The lowest BCUT2D eigenvalue weighted by molar-refractivity contribution is -0.121. The van der Waals surface area contributed by atoms with E-state index in [9.17, 15) is 4.79 Å². The summed E-state index contributed by atoms with van der Waals surface area (Å²) >= 11 is 0. The van der Waals surface area contributed by atoms with Crippen LogP contribution in [0.1, 0.15) is 51.5 Å².